The Morgan fingerprint density at radius 3 is 2.40 bits per heavy atom. The lowest BCUT2D eigenvalue weighted by molar-refractivity contribution is 0.0156. The second kappa shape index (κ2) is 7.29. The van der Waals surface area contributed by atoms with Crippen molar-refractivity contribution in [3.8, 4) is 0 Å². The average molecular weight is 280 g/mol. The molecular formula is C19H37N. The SMILES string of the molecule is CCC[C@H]1C(C)C(C)CCC1N(C)C1CCC[C@H](C)C1. The molecule has 1 nitrogen and oxygen atoms in total. The quantitative estimate of drug-likeness (QED) is 0.670. The highest BCUT2D eigenvalue weighted by molar-refractivity contribution is 4.91. The molecule has 4 unspecified atom stereocenters. The number of hydrogen-bond donors (Lipinski definition) is 0. The predicted molar refractivity (Wildman–Crippen MR) is 88.9 cm³/mol. The molecule has 118 valence electrons. The van der Waals surface area contributed by atoms with E-state index in [0.717, 1.165) is 35.8 Å². The van der Waals surface area contributed by atoms with Crippen LogP contribution in [0.25, 0.3) is 0 Å². The van der Waals surface area contributed by atoms with Crippen LogP contribution in [0.4, 0.5) is 0 Å². The fourth-order valence-electron chi connectivity index (χ4n) is 5.02. The Balaban J connectivity index is 2.03. The van der Waals surface area contributed by atoms with E-state index in [1.165, 1.54) is 51.4 Å². The van der Waals surface area contributed by atoms with Crippen molar-refractivity contribution in [1.82, 2.24) is 4.90 Å². The van der Waals surface area contributed by atoms with Crippen molar-refractivity contribution >= 4 is 0 Å². The molecule has 1 heteroatoms. The van der Waals surface area contributed by atoms with E-state index in [0.29, 0.717) is 0 Å². The van der Waals surface area contributed by atoms with Gasteiger partial charge in [-0.1, -0.05) is 47.0 Å². The smallest absolute Gasteiger partial charge is 0.0126 e. The first kappa shape index (κ1) is 16.3. The van der Waals surface area contributed by atoms with Crippen LogP contribution < -0.4 is 0 Å². The second-order valence-corrected chi connectivity index (χ2v) is 8.02. The zero-order valence-electron chi connectivity index (χ0n) is 14.6. The lowest BCUT2D eigenvalue weighted by Crippen LogP contribution is -2.50. The summed E-state index contributed by atoms with van der Waals surface area (Å²) in [5.74, 6) is 3.73. The molecule has 0 saturated heterocycles. The normalized spacial score (nSPS) is 42.9. The lowest BCUT2D eigenvalue weighted by Gasteiger charge is -2.48. The summed E-state index contributed by atoms with van der Waals surface area (Å²) in [6.07, 6.45) is 11.5. The van der Waals surface area contributed by atoms with Crippen molar-refractivity contribution in [3.05, 3.63) is 0 Å². The molecule has 0 spiro atoms. The molecule has 0 aromatic heterocycles. The maximum atomic E-state index is 2.82. The van der Waals surface area contributed by atoms with Gasteiger partial charge >= 0.3 is 0 Å². The fraction of sp³-hybridized carbons (Fsp3) is 1.00. The molecule has 6 atom stereocenters. The van der Waals surface area contributed by atoms with Crippen molar-refractivity contribution in [1.29, 1.82) is 0 Å². The summed E-state index contributed by atoms with van der Waals surface area (Å²) in [6, 6.07) is 1.72. The van der Waals surface area contributed by atoms with Crippen LogP contribution in [0.15, 0.2) is 0 Å². The third kappa shape index (κ3) is 3.59. The number of nitrogens with zero attached hydrogens (tertiary/aromatic N) is 1. The van der Waals surface area contributed by atoms with Crippen molar-refractivity contribution < 1.29 is 0 Å². The van der Waals surface area contributed by atoms with E-state index in [1.807, 2.05) is 0 Å². The van der Waals surface area contributed by atoms with Crippen LogP contribution in [0.5, 0.6) is 0 Å². The zero-order valence-corrected chi connectivity index (χ0v) is 14.6. The van der Waals surface area contributed by atoms with E-state index in [1.54, 1.807) is 0 Å². The highest BCUT2D eigenvalue weighted by Crippen LogP contribution is 2.41. The monoisotopic (exact) mass is 279 g/mol. The Labute approximate surface area is 127 Å². The van der Waals surface area contributed by atoms with Crippen LogP contribution in [0.2, 0.25) is 0 Å². The minimum Gasteiger partial charge on any atom is -0.300 e. The van der Waals surface area contributed by atoms with Crippen LogP contribution in [-0.2, 0) is 0 Å². The first-order chi connectivity index (χ1) is 9.54. The Morgan fingerprint density at radius 2 is 1.75 bits per heavy atom. The van der Waals surface area contributed by atoms with Gasteiger partial charge < -0.3 is 4.90 Å². The van der Waals surface area contributed by atoms with Gasteiger partial charge in [-0.2, -0.15) is 0 Å². The van der Waals surface area contributed by atoms with Crippen molar-refractivity contribution in [3.63, 3.8) is 0 Å². The van der Waals surface area contributed by atoms with E-state index < -0.39 is 0 Å². The van der Waals surface area contributed by atoms with Crippen LogP contribution in [0, 0.1) is 23.7 Å². The third-order valence-electron chi connectivity index (χ3n) is 6.61. The Morgan fingerprint density at radius 1 is 1.00 bits per heavy atom. The molecule has 0 aliphatic heterocycles. The van der Waals surface area contributed by atoms with Gasteiger partial charge in [0.2, 0.25) is 0 Å². The summed E-state index contributed by atoms with van der Waals surface area (Å²) in [6.45, 7) is 9.82. The Kier molecular flexibility index (Phi) is 5.95. The topological polar surface area (TPSA) is 3.24 Å². The van der Waals surface area contributed by atoms with Crippen molar-refractivity contribution in [2.24, 2.45) is 23.7 Å². The molecule has 0 heterocycles. The van der Waals surface area contributed by atoms with Gasteiger partial charge in [0.05, 0.1) is 0 Å². The molecule has 2 aliphatic rings. The summed E-state index contributed by atoms with van der Waals surface area (Å²) in [5.41, 5.74) is 0. The van der Waals surface area contributed by atoms with Gasteiger partial charge in [0.25, 0.3) is 0 Å². The van der Waals surface area contributed by atoms with Gasteiger partial charge in [0.1, 0.15) is 0 Å². The molecule has 0 amide bonds. The Hall–Kier alpha value is -0.0400. The van der Waals surface area contributed by atoms with Crippen molar-refractivity contribution in [2.45, 2.75) is 91.1 Å². The first-order valence-electron chi connectivity index (χ1n) is 9.26. The predicted octanol–water partition coefficient (Wildman–Crippen LogP) is 5.35. The largest absolute Gasteiger partial charge is 0.300 e. The van der Waals surface area contributed by atoms with Crippen molar-refractivity contribution in [2.75, 3.05) is 7.05 Å². The van der Waals surface area contributed by atoms with Gasteiger partial charge in [-0.3, -0.25) is 0 Å². The second-order valence-electron chi connectivity index (χ2n) is 8.02. The summed E-state index contributed by atoms with van der Waals surface area (Å²) in [5, 5.41) is 0. The molecule has 2 saturated carbocycles. The lowest BCUT2D eigenvalue weighted by atomic mass is 9.68. The molecular weight excluding hydrogens is 242 g/mol. The molecule has 0 aromatic carbocycles. The first-order valence-corrected chi connectivity index (χ1v) is 9.26. The molecule has 0 N–H and O–H groups in total. The molecule has 2 fully saturated rings. The van der Waals surface area contributed by atoms with Gasteiger partial charge in [-0.15, -0.1) is 0 Å². The fourth-order valence-corrected chi connectivity index (χ4v) is 5.02. The summed E-state index contributed by atoms with van der Waals surface area (Å²) < 4.78 is 0. The van der Waals surface area contributed by atoms with E-state index in [2.05, 4.69) is 39.6 Å². The van der Waals surface area contributed by atoms with Crippen LogP contribution in [0.3, 0.4) is 0 Å². The number of hydrogen-bond acceptors (Lipinski definition) is 1. The maximum absolute atomic E-state index is 2.82. The summed E-state index contributed by atoms with van der Waals surface area (Å²) in [7, 11) is 2.44. The van der Waals surface area contributed by atoms with E-state index in [-0.39, 0.29) is 0 Å². The van der Waals surface area contributed by atoms with Gasteiger partial charge in [0, 0.05) is 12.1 Å². The van der Waals surface area contributed by atoms with Gasteiger partial charge in [-0.05, 0) is 62.8 Å². The maximum Gasteiger partial charge on any atom is 0.0126 e. The van der Waals surface area contributed by atoms with E-state index >= 15 is 0 Å². The highest BCUT2D eigenvalue weighted by Gasteiger charge is 2.38. The summed E-state index contributed by atoms with van der Waals surface area (Å²) >= 11 is 0. The molecule has 2 aliphatic carbocycles. The highest BCUT2D eigenvalue weighted by atomic mass is 15.2. The molecule has 0 radical (unpaired) electrons. The molecule has 0 aromatic rings. The average Bonchev–Trinajstić information content (AvgIpc) is 2.44. The minimum atomic E-state index is 0.858. The molecule has 2 rings (SSSR count). The van der Waals surface area contributed by atoms with E-state index in [4.69, 9.17) is 0 Å². The van der Waals surface area contributed by atoms with Gasteiger partial charge in [0.15, 0.2) is 0 Å². The van der Waals surface area contributed by atoms with E-state index in [9.17, 15) is 0 Å². The zero-order chi connectivity index (χ0) is 14.7. The number of rotatable bonds is 4. The van der Waals surface area contributed by atoms with Crippen LogP contribution in [0.1, 0.15) is 79.1 Å². The molecule has 20 heavy (non-hydrogen) atoms. The Bertz CT molecular complexity index is 287. The van der Waals surface area contributed by atoms with Crippen LogP contribution in [-0.4, -0.2) is 24.0 Å². The minimum absolute atomic E-state index is 0.858. The molecule has 0 bridgehead atoms. The summed E-state index contributed by atoms with van der Waals surface area (Å²) in [4.78, 5) is 2.82. The van der Waals surface area contributed by atoms with Crippen LogP contribution >= 0.6 is 0 Å². The third-order valence-corrected chi connectivity index (χ3v) is 6.61. The van der Waals surface area contributed by atoms with Gasteiger partial charge in [-0.25, -0.2) is 0 Å². The standard InChI is InChI=1S/C19H37N/c1-6-8-18-16(4)15(3)11-12-19(18)20(5)17-10-7-9-14(2)13-17/h14-19H,6-13H2,1-5H3/t14-,15?,16?,17?,18-,19?/m0/s1.